The lowest BCUT2D eigenvalue weighted by Crippen LogP contribution is -2.10. The largest absolute Gasteiger partial charge is 0.303 e. The van der Waals surface area contributed by atoms with E-state index >= 15 is 0 Å². The van der Waals surface area contributed by atoms with Crippen molar-refractivity contribution >= 4 is 29.4 Å². The summed E-state index contributed by atoms with van der Waals surface area (Å²) >= 11 is 4.89. The van der Waals surface area contributed by atoms with Gasteiger partial charge in [-0.25, -0.2) is 0 Å². The lowest BCUT2D eigenvalue weighted by atomic mass is 10.1. The van der Waals surface area contributed by atoms with Gasteiger partial charge in [0.1, 0.15) is 12.6 Å². The minimum absolute atomic E-state index is 0.119. The van der Waals surface area contributed by atoms with Gasteiger partial charge in [-0.2, -0.15) is 0 Å². The molecule has 3 nitrogen and oxygen atoms in total. The van der Waals surface area contributed by atoms with Gasteiger partial charge in [0.2, 0.25) is 5.24 Å². The molecule has 0 aromatic heterocycles. The molecule has 0 bridgehead atoms. The van der Waals surface area contributed by atoms with Crippen LogP contribution in [0.4, 0.5) is 0 Å². The topological polar surface area (TPSA) is 51.2 Å². The lowest BCUT2D eigenvalue weighted by Gasteiger charge is -1.94. The van der Waals surface area contributed by atoms with Crippen molar-refractivity contribution in [2.24, 2.45) is 5.92 Å². The number of hydrogen-bond acceptors (Lipinski definition) is 3. The molecule has 1 atom stereocenters. The van der Waals surface area contributed by atoms with Gasteiger partial charge >= 0.3 is 0 Å². The molecular formula is C5H5ClO3. The van der Waals surface area contributed by atoms with Gasteiger partial charge in [-0.15, -0.1) is 0 Å². The first kappa shape index (κ1) is 8.30. The van der Waals surface area contributed by atoms with Crippen molar-refractivity contribution in [3.05, 3.63) is 0 Å². The second-order valence-corrected chi connectivity index (χ2v) is 1.82. The van der Waals surface area contributed by atoms with Gasteiger partial charge in [0.25, 0.3) is 0 Å². The Morgan fingerprint density at radius 2 is 2.11 bits per heavy atom. The van der Waals surface area contributed by atoms with Crippen molar-refractivity contribution in [1.82, 2.24) is 0 Å². The Hall–Kier alpha value is -0.700. The molecule has 0 heterocycles. The van der Waals surface area contributed by atoms with Crippen LogP contribution in [0.1, 0.15) is 6.42 Å². The molecule has 50 valence electrons. The molecule has 0 spiro atoms. The maximum Gasteiger partial charge on any atom is 0.232 e. The van der Waals surface area contributed by atoms with E-state index in [0.717, 1.165) is 0 Å². The van der Waals surface area contributed by atoms with Crippen molar-refractivity contribution < 1.29 is 14.4 Å². The highest BCUT2D eigenvalue weighted by Crippen LogP contribution is 2.00. The molecule has 0 radical (unpaired) electrons. The zero-order chi connectivity index (χ0) is 7.28. The monoisotopic (exact) mass is 148 g/mol. The summed E-state index contributed by atoms with van der Waals surface area (Å²) in [6, 6.07) is 0. The Morgan fingerprint density at radius 1 is 1.56 bits per heavy atom. The summed E-state index contributed by atoms with van der Waals surface area (Å²) in [5.41, 5.74) is 0. The summed E-state index contributed by atoms with van der Waals surface area (Å²) in [5.74, 6) is -0.954. The highest BCUT2D eigenvalue weighted by atomic mass is 35.5. The van der Waals surface area contributed by atoms with Crippen LogP contribution in [-0.4, -0.2) is 17.8 Å². The maximum absolute atomic E-state index is 10.1. The van der Waals surface area contributed by atoms with Crippen LogP contribution in [0.15, 0.2) is 0 Å². The highest BCUT2D eigenvalue weighted by Gasteiger charge is 2.13. The normalized spacial score (nSPS) is 12.1. The Morgan fingerprint density at radius 3 is 2.22 bits per heavy atom. The third kappa shape index (κ3) is 2.98. The fraction of sp³-hybridized carbons (Fsp3) is 0.400. The Kier molecular flexibility index (Phi) is 3.88. The molecular weight excluding hydrogens is 144 g/mol. The molecule has 0 aromatic carbocycles. The zero-order valence-corrected chi connectivity index (χ0v) is 5.30. The summed E-state index contributed by atoms with van der Waals surface area (Å²) < 4.78 is 0. The quantitative estimate of drug-likeness (QED) is 0.324. The smallest absolute Gasteiger partial charge is 0.232 e. The summed E-state index contributed by atoms with van der Waals surface area (Å²) in [6.07, 6.45) is 0.731. The van der Waals surface area contributed by atoms with Crippen molar-refractivity contribution in [2.75, 3.05) is 0 Å². The van der Waals surface area contributed by atoms with Gasteiger partial charge in [0, 0.05) is 6.42 Å². The minimum atomic E-state index is -0.954. The molecule has 0 aliphatic carbocycles. The van der Waals surface area contributed by atoms with E-state index in [-0.39, 0.29) is 6.42 Å². The van der Waals surface area contributed by atoms with Crippen LogP contribution in [-0.2, 0) is 14.4 Å². The zero-order valence-electron chi connectivity index (χ0n) is 4.54. The van der Waals surface area contributed by atoms with E-state index in [2.05, 4.69) is 0 Å². The van der Waals surface area contributed by atoms with Crippen LogP contribution in [0.3, 0.4) is 0 Å². The first-order chi connectivity index (χ1) is 4.22. The maximum atomic E-state index is 10.1. The molecule has 0 amide bonds. The van der Waals surface area contributed by atoms with E-state index in [4.69, 9.17) is 11.6 Å². The minimum Gasteiger partial charge on any atom is -0.303 e. The highest BCUT2D eigenvalue weighted by molar-refractivity contribution is 6.65. The van der Waals surface area contributed by atoms with Crippen LogP contribution >= 0.6 is 11.6 Å². The number of rotatable bonds is 4. The molecule has 0 rings (SSSR count). The summed E-state index contributed by atoms with van der Waals surface area (Å²) in [7, 11) is 0. The summed E-state index contributed by atoms with van der Waals surface area (Å²) in [5, 5.41) is -0.780. The Labute approximate surface area is 57.0 Å². The molecule has 0 saturated heterocycles. The first-order valence-electron chi connectivity index (χ1n) is 2.30. The van der Waals surface area contributed by atoms with E-state index in [1.807, 2.05) is 0 Å². The van der Waals surface area contributed by atoms with Crippen LogP contribution in [0.5, 0.6) is 0 Å². The van der Waals surface area contributed by atoms with Gasteiger partial charge < -0.3 is 9.59 Å². The lowest BCUT2D eigenvalue weighted by molar-refractivity contribution is -0.124. The fourth-order valence-electron chi connectivity index (χ4n) is 0.305. The number of halogens is 1. The van der Waals surface area contributed by atoms with Gasteiger partial charge in [0.05, 0.1) is 5.92 Å². The van der Waals surface area contributed by atoms with E-state index in [1.54, 1.807) is 0 Å². The third-order valence-electron chi connectivity index (χ3n) is 0.806. The van der Waals surface area contributed by atoms with Crippen LogP contribution in [0, 0.1) is 5.92 Å². The van der Waals surface area contributed by atoms with Crippen LogP contribution in [0.2, 0.25) is 0 Å². The fourth-order valence-corrected chi connectivity index (χ4v) is 0.446. The average molecular weight is 149 g/mol. The summed E-state index contributed by atoms with van der Waals surface area (Å²) in [6.45, 7) is 0. The molecule has 0 aliphatic rings. The second kappa shape index (κ2) is 4.21. The molecule has 4 heteroatoms. The molecule has 0 aromatic rings. The van der Waals surface area contributed by atoms with Gasteiger partial charge in [-0.3, -0.25) is 4.79 Å². The first-order valence-corrected chi connectivity index (χ1v) is 2.68. The molecule has 0 saturated carbocycles. The average Bonchev–Trinajstić information content (AvgIpc) is 1.82. The number of aldehydes is 2. The van der Waals surface area contributed by atoms with Gasteiger partial charge in [0.15, 0.2) is 0 Å². The van der Waals surface area contributed by atoms with Gasteiger partial charge in [-0.1, -0.05) is 0 Å². The number of carbonyl (C=O) groups is 3. The van der Waals surface area contributed by atoms with Crippen LogP contribution < -0.4 is 0 Å². The molecule has 0 aliphatic heterocycles. The molecule has 9 heavy (non-hydrogen) atoms. The van der Waals surface area contributed by atoms with Gasteiger partial charge in [-0.05, 0) is 11.6 Å². The Balaban J connectivity index is 3.81. The van der Waals surface area contributed by atoms with Crippen molar-refractivity contribution in [1.29, 1.82) is 0 Å². The number of hydrogen-bond donors (Lipinski definition) is 0. The second-order valence-electron chi connectivity index (χ2n) is 1.45. The molecule has 0 N–H and O–H groups in total. The standard InChI is InChI=1S/C5H5ClO3/c6-5(9)4(3-8)1-2-7/h2-4H,1H2. The predicted octanol–water partition coefficient (Wildman–Crippen LogP) is 0.156. The van der Waals surface area contributed by atoms with Crippen LogP contribution in [0.25, 0.3) is 0 Å². The third-order valence-corrected chi connectivity index (χ3v) is 1.09. The van der Waals surface area contributed by atoms with Crippen molar-refractivity contribution in [2.45, 2.75) is 6.42 Å². The van der Waals surface area contributed by atoms with E-state index in [1.165, 1.54) is 0 Å². The molecule has 1 unspecified atom stereocenters. The molecule has 0 fully saturated rings. The van der Waals surface area contributed by atoms with E-state index < -0.39 is 11.2 Å². The van der Waals surface area contributed by atoms with E-state index in [0.29, 0.717) is 12.6 Å². The van der Waals surface area contributed by atoms with Crippen molar-refractivity contribution in [3.63, 3.8) is 0 Å². The van der Waals surface area contributed by atoms with E-state index in [9.17, 15) is 14.4 Å². The SMILES string of the molecule is O=CCC(C=O)C(=O)Cl. The number of carbonyl (C=O) groups excluding carboxylic acids is 3. The summed E-state index contributed by atoms with van der Waals surface area (Å²) in [4.78, 5) is 29.7. The van der Waals surface area contributed by atoms with Crippen molar-refractivity contribution in [3.8, 4) is 0 Å². The Bertz CT molecular complexity index is 132. The predicted molar refractivity (Wildman–Crippen MR) is 31.1 cm³/mol.